The molecule has 2 amide bonds. The fourth-order valence-corrected chi connectivity index (χ4v) is 3.30. The zero-order chi connectivity index (χ0) is 17.3. The van der Waals surface area contributed by atoms with Gasteiger partial charge in [-0.15, -0.1) is 0 Å². The summed E-state index contributed by atoms with van der Waals surface area (Å²) in [5, 5.41) is 9.34. The lowest BCUT2D eigenvalue weighted by Crippen LogP contribution is -2.27. The number of hydrogen-bond donors (Lipinski definition) is 1. The Balaban J connectivity index is 1.81. The molecule has 1 N–H and O–H groups in total. The molecule has 0 radical (unpaired) electrons. The zero-order valence-corrected chi connectivity index (χ0v) is 14.4. The summed E-state index contributed by atoms with van der Waals surface area (Å²) in [5.41, 5.74) is 2.67. The van der Waals surface area contributed by atoms with E-state index in [9.17, 15) is 14.7 Å². The first-order valence-corrected chi connectivity index (χ1v) is 8.43. The first-order chi connectivity index (χ1) is 11.4. The summed E-state index contributed by atoms with van der Waals surface area (Å²) in [4.78, 5) is 26.2. The number of carbonyl (C=O) groups is 2. The lowest BCUT2D eigenvalue weighted by Gasteiger charge is -2.12. The maximum atomic E-state index is 12.5. The van der Waals surface area contributed by atoms with Crippen LogP contribution in [-0.2, 0) is 11.3 Å². The van der Waals surface area contributed by atoms with Crippen LogP contribution in [0.3, 0.4) is 0 Å². The van der Waals surface area contributed by atoms with Crippen LogP contribution >= 0.6 is 23.4 Å². The number of thioether (sulfide) groups is 1. The van der Waals surface area contributed by atoms with E-state index in [0.29, 0.717) is 10.5 Å². The third kappa shape index (κ3) is 3.47. The second-order valence-corrected chi connectivity index (χ2v) is 6.86. The van der Waals surface area contributed by atoms with Crippen molar-refractivity contribution in [2.75, 3.05) is 0 Å². The van der Waals surface area contributed by atoms with E-state index in [1.807, 2.05) is 31.2 Å². The van der Waals surface area contributed by atoms with Gasteiger partial charge >= 0.3 is 0 Å². The number of phenols is 1. The molecule has 6 heteroatoms. The van der Waals surface area contributed by atoms with Crippen molar-refractivity contribution in [3.63, 3.8) is 0 Å². The van der Waals surface area contributed by atoms with Gasteiger partial charge in [0, 0.05) is 0 Å². The van der Waals surface area contributed by atoms with Crippen LogP contribution in [0.15, 0.2) is 47.4 Å². The highest BCUT2D eigenvalue weighted by Gasteiger charge is 2.34. The Bertz CT molecular complexity index is 846. The molecule has 122 valence electrons. The molecule has 1 aliphatic rings. The Labute approximate surface area is 148 Å². The predicted octanol–water partition coefficient (Wildman–Crippen LogP) is 4.59. The number of nitrogens with zero attached hydrogens (tertiary/aromatic N) is 1. The average molecular weight is 360 g/mol. The molecule has 0 spiro atoms. The molecule has 0 bridgehead atoms. The fourth-order valence-electron chi connectivity index (χ4n) is 2.28. The van der Waals surface area contributed by atoms with Crippen molar-refractivity contribution in [2.45, 2.75) is 13.5 Å². The minimum absolute atomic E-state index is 0.0266. The van der Waals surface area contributed by atoms with Crippen molar-refractivity contribution in [3.05, 3.63) is 69.1 Å². The molecule has 1 saturated heterocycles. The van der Waals surface area contributed by atoms with Gasteiger partial charge in [0.25, 0.3) is 11.1 Å². The van der Waals surface area contributed by atoms with Gasteiger partial charge in [0.2, 0.25) is 0 Å². The molecular formula is C18H14ClNO3S. The number of halogens is 1. The van der Waals surface area contributed by atoms with E-state index in [1.54, 1.807) is 18.2 Å². The molecule has 1 aliphatic heterocycles. The topological polar surface area (TPSA) is 57.6 Å². The molecule has 0 aliphatic carbocycles. The van der Waals surface area contributed by atoms with Crippen LogP contribution in [-0.4, -0.2) is 21.2 Å². The van der Waals surface area contributed by atoms with E-state index in [-0.39, 0.29) is 28.5 Å². The molecule has 1 fully saturated rings. The van der Waals surface area contributed by atoms with Crippen molar-refractivity contribution in [1.29, 1.82) is 0 Å². The molecule has 4 nitrogen and oxygen atoms in total. The standard InChI is InChI=1S/C18H14ClNO3S/c1-11-2-4-12(5-3-11)10-20-17(22)16(24-18(20)23)9-13-6-7-15(21)14(19)8-13/h2-9,21H,10H2,1H3/b16-9-. The fraction of sp³-hybridized carbons (Fsp3) is 0.111. The van der Waals surface area contributed by atoms with Gasteiger partial charge in [-0.3, -0.25) is 14.5 Å². The van der Waals surface area contributed by atoms with E-state index in [4.69, 9.17) is 11.6 Å². The molecular weight excluding hydrogens is 346 g/mol. The lowest BCUT2D eigenvalue weighted by atomic mass is 10.1. The minimum Gasteiger partial charge on any atom is -0.506 e. The Morgan fingerprint density at radius 1 is 1.17 bits per heavy atom. The van der Waals surface area contributed by atoms with Gasteiger partial charge in [-0.1, -0.05) is 47.5 Å². The van der Waals surface area contributed by atoms with Gasteiger partial charge < -0.3 is 5.11 Å². The largest absolute Gasteiger partial charge is 0.506 e. The smallest absolute Gasteiger partial charge is 0.293 e. The summed E-state index contributed by atoms with van der Waals surface area (Å²) >= 11 is 6.77. The van der Waals surface area contributed by atoms with E-state index in [0.717, 1.165) is 22.9 Å². The summed E-state index contributed by atoms with van der Waals surface area (Å²) in [6.07, 6.45) is 1.60. The van der Waals surface area contributed by atoms with Gasteiger partial charge in [-0.25, -0.2) is 0 Å². The zero-order valence-electron chi connectivity index (χ0n) is 12.8. The second-order valence-electron chi connectivity index (χ2n) is 5.46. The van der Waals surface area contributed by atoms with Crippen molar-refractivity contribution in [1.82, 2.24) is 4.90 Å². The number of carbonyl (C=O) groups excluding carboxylic acids is 2. The van der Waals surface area contributed by atoms with Gasteiger partial charge in [0.1, 0.15) is 5.75 Å². The van der Waals surface area contributed by atoms with Crippen molar-refractivity contribution in [2.24, 2.45) is 0 Å². The molecule has 3 rings (SSSR count). The summed E-state index contributed by atoms with van der Waals surface area (Å²) in [6, 6.07) is 12.3. The molecule has 0 aromatic heterocycles. The van der Waals surface area contributed by atoms with E-state index in [1.165, 1.54) is 11.0 Å². The molecule has 0 unspecified atom stereocenters. The van der Waals surface area contributed by atoms with Crippen molar-refractivity contribution >= 4 is 40.6 Å². The van der Waals surface area contributed by atoms with Crippen LogP contribution in [0.25, 0.3) is 6.08 Å². The quantitative estimate of drug-likeness (QED) is 0.814. The Morgan fingerprint density at radius 2 is 1.88 bits per heavy atom. The highest BCUT2D eigenvalue weighted by atomic mass is 35.5. The molecule has 2 aromatic rings. The molecule has 0 atom stereocenters. The van der Waals surface area contributed by atoms with Crippen LogP contribution in [0, 0.1) is 6.92 Å². The van der Waals surface area contributed by atoms with Crippen LogP contribution in [0.4, 0.5) is 4.79 Å². The van der Waals surface area contributed by atoms with Crippen molar-refractivity contribution in [3.8, 4) is 5.75 Å². The number of rotatable bonds is 3. The van der Waals surface area contributed by atoms with Gasteiger partial charge in [-0.2, -0.15) is 0 Å². The Kier molecular flexibility index (Phi) is 4.64. The number of imide groups is 1. The maximum Gasteiger partial charge on any atom is 0.293 e. The monoisotopic (exact) mass is 359 g/mol. The summed E-state index contributed by atoms with van der Waals surface area (Å²) in [5.74, 6) is -0.351. The minimum atomic E-state index is -0.324. The highest BCUT2D eigenvalue weighted by molar-refractivity contribution is 8.18. The van der Waals surface area contributed by atoms with Crippen LogP contribution in [0.1, 0.15) is 16.7 Å². The normalized spacial score (nSPS) is 16.2. The third-order valence-corrected chi connectivity index (χ3v) is 4.81. The molecule has 1 heterocycles. The number of aryl methyl sites for hydroxylation is 1. The first-order valence-electron chi connectivity index (χ1n) is 7.23. The number of benzene rings is 2. The number of aromatic hydroxyl groups is 1. The summed E-state index contributed by atoms with van der Waals surface area (Å²) < 4.78 is 0. The second kappa shape index (κ2) is 6.71. The van der Waals surface area contributed by atoms with Gasteiger partial charge in [-0.05, 0) is 48.0 Å². The highest BCUT2D eigenvalue weighted by Crippen LogP contribution is 2.34. The third-order valence-electron chi connectivity index (χ3n) is 3.60. The SMILES string of the molecule is Cc1ccc(CN2C(=O)S/C(=C\c3ccc(O)c(Cl)c3)C2=O)cc1. The first kappa shape index (κ1) is 16.6. The van der Waals surface area contributed by atoms with Gasteiger partial charge in [0.15, 0.2) is 0 Å². The number of amides is 2. The van der Waals surface area contributed by atoms with Gasteiger partial charge in [0.05, 0.1) is 16.5 Å². The summed E-state index contributed by atoms with van der Waals surface area (Å²) in [7, 11) is 0. The number of phenolic OH excluding ortho intramolecular Hbond substituents is 1. The van der Waals surface area contributed by atoms with Crippen molar-refractivity contribution < 1.29 is 14.7 Å². The predicted molar refractivity (Wildman–Crippen MR) is 95.8 cm³/mol. The van der Waals surface area contributed by atoms with Crippen LogP contribution in [0.2, 0.25) is 5.02 Å². The molecule has 0 saturated carbocycles. The lowest BCUT2D eigenvalue weighted by molar-refractivity contribution is -0.123. The van der Waals surface area contributed by atoms with E-state index >= 15 is 0 Å². The summed E-state index contributed by atoms with van der Waals surface area (Å²) in [6.45, 7) is 2.23. The number of hydrogen-bond acceptors (Lipinski definition) is 4. The van der Waals surface area contributed by atoms with E-state index in [2.05, 4.69) is 0 Å². The average Bonchev–Trinajstić information content (AvgIpc) is 2.80. The van der Waals surface area contributed by atoms with Crippen LogP contribution < -0.4 is 0 Å². The van der Waals surface area contributed by atoms with Crippen LogP contribution in [0.5, 0.6) is 5.75 Å². The van der Waals surface area contributed by atoms with E-state index < -0.39 is 0 Å². The molecule has 24 heavy (non-hydrogen) atoms. The maximum absolute atomic E-state index is 12.5. The Morgan fingerprint density at radius 3 is 2.54 bits per heavy atom. The Hall–Kier alpha value is -2.24. The molecule has 2 aromatic carbocycles.